The first-order valence-electron chi connectivity index (χ1n) is 7.63. The lowest BCUT2D eigenvalue weighted by Gasteiger charge is -2.21. The van der Waals surface area contributed by atoms with Gasteiger partial charge >= 0.3 is 0 Å². The Morgan fingerprint density at radius 2 is 1.96 bits per heavy atom. The lowest BCUT2D eigenvalue weighted by atomic mass is 10.2. The Bertz CT molecular complexity index is 634. The second kappa shape index (κ2) is 8.56. The van der Waals surface area contributed by atoms with E-state index < -0.39 is 0 Å². The van der Waals surface area contributed by atoms with Crippen molar-refractivity contribution < 1.29 is 14.4 Å². The van der Waals surface area contributed by atoms with E-state index in [4.69, 9.17) is 16.3 Å². The number of halogens is 1. The quantitative estimate of drug-likeness (QED) is 0.816. The van der Waals surface area contributed by atoms with Gasteiger partial charge in [-0.1, -0.05) is 35.9 Å². The molecule has 0 saturated heterocycles. The highest BCUT2D eigenvalue weighted by atomic mass is 35.5. The third-order valence-electron chi connectivity index (χ3n) is 3.73. The Morgan fingerprint density at radius 3 is 2.65 bits per heavy atom. The number of ether oxygens (including phenoxy) is 1. The van der Waals surface area contributed by atoms with Crippen LogP contribution in [0.5, 0.6) is 5.75 Å². The maximum atomic E-state index is 12.3. The fourth-order valence-corrected chi connectivity index (χ4v) is 2.29. The predicted molar refractivity (Wildman–Crippen MR) is 93.2 cm³/mol. The van der Waals surface area contributed by atoms with Crippen LogP contribution in [0.25, 0.3) is 0 Å². The molecule has 0 spiro atoms. The number of nitrogens with one attached hydrogen (secondary N) is 2. The minimum absolute atomic E-state index is 0.0375. The minimum atomic E-state index is -0.187. The number of rotatable bonds is 7. The van der Waals surface area contributed by atoms with Gasteiger partial charge in [-0.2, -0.15) is 0 Å². The van der Waals surface area contributed by atoms with E-state index in [1.54, 1.807) is 12.1 Å². The molecule has 2 N–H and O–H groups in total. The van der Waals surface area contributed by atoms with Crippen molar-refractivity contribution in [3.05, 3.63) is 59.6 Å². The van der Waals surface area contributed by atoms with Crippen molar-refractivity contribution in [2.45, 2.75) is 13.0 Å². The van der Waals surface area contributed by atoms with E-state index in [1.165, 1.54) is 0 Å². The average Bonchev–Trinajstić information content (AvgIpc) is 2.55. The molecule has 0 fully saturated rings. The van der Waals surface area contributed by atoms with Crippen LogP contribution in [0.15, 0.2) is 54.6 Å². The Hall–Kier alpha value is -2.04. The molecule has 1 amide bonds. The molecule has 2 rings (SSSR count). The summed E-state index contributed by atoms with van der Waals surface area (Å²) >= 11 is 5.92. The van der Waals surface area contributed by atoms with Crippen LogP contribution in [0.3, 0.4) is 0 Å². The van der Waals surface area contributed by atoms with Gasteiger partial charge in [0, 0.05) is 10.7 Å². The molecule has 0 heterocycles. The van der Waals surface area contributed by atoms with E-state index in [1.807, 2.05) is 56.4 Å². The molecule has 122 valence electrons. The Kier molecular flexibility index (Phi) is 6.44. The van der Waals surface area contributed by atoms with Gasteiger partial charge in [0.15, 0.2) is 6.04 Å². The monoisotopic (exact) mass is 333 g/mol. The lowest BCUT2D eigenvalue weighted by molar-refractivity contribution is -0.894. The molecule has 23 heavy (non-hydrogen) atoms. The average molecular weight is 334 g/mol. The first kappa shape index (κ1) is 17.3. The molecule has 0 saturated carbocycles. The fourth-order valence-electron chi connectivity index (χ4n) is 2.10. The van der Waals surface area contributed by atoms with Crippen molar-refractivity contribution in [1.82, 2.24) is 0 Å². The highest BCUT2D eigenvalue weighted by Gasteiger charge is 2.21. The zero-order valence-electron chi connectivity index (χ0n) is 13.4. The summed E-state index contributed by atoms with van der Waals surface area (Å²) in [6.07, 6.45) is 0. The number of carbonyl (C=O) groups is 1. The number of anilines is 1. The van der Waals surface area contributed by atoms with Crippen molar-refractivity contribution in [3.8, 4) is 5.75 Å². The summed E-state index contributed by atoms with van der Waals surface area (Å²) in [5, 5.41) is 3.49. The second-order valence-electron chi connectivity index (χ2n) is 5.48. The maximum Gasteiger partial charge on any atom is 0.282 e. The SMILES string of the molecule is C[C@@H](C(=O)Nc1cccc(Cl)c1)[NH+](C)CCOc1ccccc1. The van der Waals surface area contributed by atoms with Crippen LogP contribution in [-0.2, 0) is 4.79 Å². The summed E-state index contributed by atoms with van der Waals surface area (Å²) in [6.45, 7) is 3.20. The van der Waals surface area contributed by atoms with Crippen molar-refractivity contribution in [3.63, 3.8) is 0 Å². The van der Waals surface area contributed by atoms with Crippen LogP contribution in [0.4, 0.5) is 5.69 Å². The van der Waals surface area contributed by atoms with E-state index in [9.17, 15) is 4.79 Å². The molecule has 4 nitrogen and oxygen atoms in total. The highest BCUT2D eigenvalue weighted by Crippen LogP contribution is 2.14. The second-order valence-corrected chi connectivity index (χ2v) is 5.92. The van der Waals surface area contributed by atoms with Crippen molar-refractivity contribution in [2.24, 2.45) is 0 Å². The van der Waals surface area contributed by atoms with E-state index >= 15 is 0 Å². The molecule has 1 unspecified atom stereocenters. The summed E-state index contributed by atoms with van der Waals surface area (Å²) in [4.78, 5) is 13.4. The fraction of sp³-hybridized carbons (Fsp3) is 0.278. The molecule has 0 aliphatic rings. The van der Waals surface area contributed by atoms with Gasteiger partial charge in [0.05, 0.1) is 7.05 Å². The normalized spacial score (nSPS) is 13.2. The number of likely N-dealkylation sites (N-methyl/N-ethyl adjacent to an activating group) is 1. The first-order chi connectivity index (χ1) is 11.1. The largest absolute Gasteiger partial charge is 0.488 e. The molecule has 2 aromatic rings. The number of para-hydroxylation sites is 1. The number of benzene rings is 2. The predicted octanol–water partition coefficient (Wildman–Crippen LogP) is 2.26. The Morgan fingerprint density at radius 1 is 1.22 bits per heavy atom. The van der Waals surface area contributed by atoms with Crippen molar-refractivity contribution in [1.29, 1.82) is 0 Å². The molecular formula is C18H22ClN2O2+. The molecular weight excluding hydrogens is 312 g/mol. The molecule has 0 aliphatic carbocycles. The van der Waals surface area contributed by atoms with Gasteiger partial charge < -0.3 is 15.0 Å². The lowest BCUT2D eigenvalue weighted by Crippen LogP contribution is -3.14. The van der Waals surface area contributed by atoms with Crippen molar-refractivity contribution in [2.75, 3.05) is 25.5 Å². The molecule has 2 atom stereocenters. The minimum Gasteiger partial charge on any atom is -0.488 e. The zero-order chi connectivity index (χ0) is 16.7. The third-order valence-corrected chi connectivity index (χ3v) is 3.97. The number of amides is 1. The van der Waals surface area contributed by atoms with Crippen LogP contribution in [-0.4, -0.2) is 32.1 Å². The number of hydrogen-bond donors (Lipinski definition) is 2. The van der Waals surface area contributed by atoms with Gasteiger partial charge in [-0.05, 0) is 37.3 Å². The molecule has 0 aromatic heterocycles. The maximum absolute atomic E-state index is 12.3. The first-order valence-corrected chi connectivity index (χ1v) is 8.00. The van der Waals surface area contributed by atoms with Gasteiger partial charge in [-0.15, -0.1) is 0 Å². The number of carbonyl (C=O) groups excluding carboxylic acids is 1. The van der Waals surface area contributed by atoms with E-state index in [0.29, 0.717) is 17.3 Å². The van der Waals surface area contributed by atoms with Crippen LogP contribution in [0.1, 0.15) is 6.92 Å². The van der Waals surface area contributed by atoms with Crippen molar-refractivity contribution >= 4 is 23.2 Å². The summed E-state index contributed by atoms with van der Waals surface area (Å²) in [6, 6.07) is 16.6. The molecule has 0 radical (unpaired) electrons. The molecule has 2 aromatic carbocycles. The summed E-state index contributed by atoms with van der Waals surface area (Å²) in [5.74, 6) is 0.806. The topological polar surface area (TPSA) is 42.8 Å². The van der Waals surface area contributed by atoms with Crippen LogP contribution in [0, 0.1) is 0 Å². The zero-order valence-corrected chi connectivity index (χ0v) is 14.1. The van der Waals surface area contributed by atoms with E-state index in [0.717, 1.165) is 17.2 Å². The van der Waals surface area contributed by atoms with Gasteiger partial charge in [0.25, 0.3) is 5.91 Å². The summed E-state index contributed by atoms with van der Waals surface area (Å²) < 4.78 is 5.67. The van der Waals surface area contributed by atoms with Gasteiger partial charge in [0.1, 0.15) is 18.9 Å². The number of hydrogen-bond acceptors (Lipinski definition) is 2. The van der Waals surface area contributed by atoms with Crippen LogP contribution < -0.4 is 15.0 Å². The third kappa shape index (κ3) is 5.58. The molecule has 5 heteroatoms. The van der Waals surface area contributed by atoms with E-state index in [-0.39, 0.29) is 11.9 Å². The Labute approximate surface area is 142 Å². The van der Waals surface area contributed by atoms with Gasteiger partial charge in [-0.3, -0.25) is 4.79 Å². The van der Waals surface area contributed by atoms with Gasteiger partial charge in [-0.25, -0.2) is 0 Å². The highest BCUT2D eigenvalue weighted by molar-refractivity contribution is 6.30. The van der Waals surface area contributed by atoms with Crippen LogP contribution in [0.2, 0.25) is 5.02 Å². The molecule has 0 aliphatic heterocycles. The summed E-state index contributed by atoms with van der Waals surface area (Å²) in [5.41, 5.74) is 0.711. The van der Waals surface area contributed by atoms with E-state index in [2.05, 4.69) is 5.32 Å². The molecule has 0 bridgehead atoms. The Balaban J connectivity index is 1.79. The summed E-state index contributed by atoms with van der Waals surface area (Å²) in [7, 11) is 1.98. The van der Waals surface area contributed by atoms with Crippen LogP contribution >= 0.6 is 11.6 Å². The standard InChI is InChI=1S/C18H21ClN2O2/c1-14(18(22)20-16-8-6-7-15(19)13-16)21(2)11-12-23-17-9-4-3-5-10-17/h3-10,13-14H,11-12H2,1-2H3,(H,20,22)/p+1/t14-/m0/s1. The smallest absolute Gasteiger partial charge is 0.282 e. The van der Waals surface area contributed by atoms with Gasteiger partial charge in [0.2, 0.25) is 0 Å². The number of quaternary nitrogens is 1.